The predicted molar refractivity (Wildman–Crippen MR) is 108 cm³/mol. The Morgan fingerprint density at radius 1 is 1.24 bits per heavy atom. The molecule has 29 heavy (non-hydrogen) atoms. The number of thiazole rings is 1. The lowest BCUT2D eigenvalue weighted by atomic mass is 10.1. The Kier molecular flexibility index (Phi) is 4.78. The molecule has 1 aromatic carbocycles. The van der Waals surface area contributed by atoms with Crippen LogP contribution in [0.15, 0.2) is 43.0 Å². The molecule has 3 heterocycles. The summed E-state index contributed by atoms with van der Waals surface area (Å²) < 4.78 is 14.2. The van der Waals surface area contributed by atoms with Gasteiger partial charge in [-0.05, 0) is 43.0 Å². The fraction of sp³-hybridized carbons (Fsp3) is 0.350. The van der Waals surface area contributed by atoms with Crippen molar-refractivity contribution >= 4 is 16.2 Å². The summed E-state index contributed by atoms with van der Waals surface area (Å²) in [4.78, 5) is 6.47. The van der Waals surface area contributed by atoms with Crippen LogP contribution in [0, 0.1) is 0 Å². The van der Waals surface area contributed by atoms with Gasteiger partial charge in [0.25, 0.3) is 0 Å². The molecule has 0 spiro atoms. The molecule has 0 amide bonds. The summed E-state index contributed by atoms with van der Waals surface area (Å²) in [5.41, 5.74) is 2.22. The maximum absolute atomic E-state index is 11.1. The van der Waals surface area contributed by atoms with Crippen LogP contribution in [0.25, 0.3) is 10.5 Å². The highest BCUT2D eigenvalue weighted by Gasteiger charge is 2.33. The lowest BCUT2D eigenvalue weighted by molar-refractivity contribution is 0.146. The normalized spacial score (nSPS) is 15.1. The molecular weight excluding hydrogens is 390 g/mol. The molecule has 1 fully saturated rings. The average molecular weight is 411 g/mol. The van der Waals surface area contributed by atoms with Gasteiger partial charge in [-0.3, -0.25) is 4.40 Å². The monoisotopic (exact) mass is 411 g/mol. The minimum absolute atomic E-state index is 0.502. The molecule has 0 bridgehead atoms. The molecule has 1 aliphatic rings. The topological polar surface area (TPSA) is 86.7 Å². The second kappa shape index (κ2) is 7.58. The van der Waals surface area contributed by atoms with E-state index in [1.54, 1.807) is 35.7 Å². The molecule has 0 aliphatic heterocycles. The third kappa shape index (κ3) is 3.52. The van der Waals surface area contributed by atoms with Gasteiger partial charge in [0, 0.05) is 12.0 Å². The summed E-state index contributed by atoms with van der Waals surface area (Å²) in [7, 11) is 1.64. The van der Waals surface area contributed by atoms with Crippen molar-refractivity contribution in [3.05, 3.63) is 59.3 Å². The van der Waals surface area contributed by atoms with Gasteiger partial charge in [0.2, 0.25) is 0 Å². The minimum Gasteiger partial charge on any atom is -0.491 e. The summed E-state index contributed by atoms with van der Waals surface area (Å²) in [6.45, 7) is 1.05. The predicted octanol–water partition coefficient (Wildman–Crippen LogP) is 2.96. The molecule has 9 heteroatoms. The van der Waals surface area contributed by atoms with Gasteiger partial charge in [-0.25, -0.2) is 9.67 Å². The van der Waals surface area contributed by atoms with Gasteiger partial charge in [-0.2, -0.15) is 0 Å². The van der Waals surface area contributed by atoms with E-state index in [-0.39, 0.29) is 0 Å². The van der Waals surface area contributed by atoms with Gasteiger partial charge >= 0.3 is 0 Å². The number of methoxy groups -OCH3 is 1. The zero-order valence-electron chi connectivity index (χ0n) is 15.9. The molecule has 3 aromatic heterocycles. The van der Waals surface area contributed by atoms with Crippen LogP contribution in [0.2, 0.25) is 0 Å². The van der Waals surface area contributed by atoms with Crippen molar-refractivity contribution in [2.45, 2.75) is 24.9 Å². The summed E-state index contributed by atoms with van der Waals surface area (Å²) in [5, 5.41) is 19.5. The molecule has 8 nitrogen and oxygen atoms in total. The van der Waals surface area contributed by atoms with E-state index in [1.807, 2.05) is 34.9 Å². The largest absolute Gasteiger partial charge is 0.491 e. The highest BCUT2D eigenvalue weighted by atomic mass is 32.1. The van der Waals surface area contributed by atoms with E-state index >= 15 is 0 Å². The molecular formula is C20H21N5O3S. The summed E-state index contributed by atoms with van der Waals surface area (Å²) >= 11 is 1.70. The van der Waals surface area contributed by atoms with Crippen LogP contribution in [0.4, 0.5) is 0 Å². The first-order chi connectivity index (χ1) is 14.2. The van der Waals surface area contributed by atoms with E-state index in [9.17, 15) is 5.11 Å². The quantitative estimate of drug-likeness (QED) is 0.449. The molecule has 150 valence electrons. The van der Waals surface area contributed by atoms with E-state index in [0.717, 1.165) is 22.0 Å². The van der Waals surface area contributed by atoms with Gasteiger partial charge in [-0.15, -0.1) is 16.4 Å². The molecule has 1 atom stereocenters. The minimum atomic E-state index is -0.848. The van der Waals surface area contributed by atoms with Crippen LogP contribution in [0.3, 0.4) is 0 Å². The number of aliphatic hydroxyl groups excluding tert-OH is 1. The molecule has 1 aliphatic carbocycles. The molecule has 0 radical (unpaired) electrons. The maximum Gasteiger partial charge on any atom is 0.141 e. The standard InChI is InChI=1S/C20H21N5O3S/c1-27-8-9-28-15-6-4-14(5-7-15)25-11-16(22-23-25)19(26)18-20(13-2-3-13)29-17-10-21-12-24(17)18/h4-7,10-13,19,26H,2-3,8-9H2,1H3. The average Bonchev–Trinajstić information content (AvgIpc) is 3.15. The van der Waals surface area contributed by atoms with Gasteiger partial charge in [0.1, 0.15) is 35.3 Å². The van der Waals surface area contributed by atoms with Crippen LogP contribution < -0.4 is 4.74 Å². The Balaban J connectivity index is 1.39. The smallest absolute Gasteiger partial charge is 0.141 e. The van der Waals surface area contributed by atoms with Crippen LogP contribution in [-0.2, 0) is 4.74 Å². The van der Waals surface area contributed by atoms with Crippen LogP contribution in [0.1, 0.15) is 41.1 Å². The molecule has 1 saturated carbocycles. The first-order valence-electron chi connectivity index (χ1n) is 9.51. The van der Waals surface area contributed by atoms with E-state index in [1.165, 1.54) is 17.7 Å². The van der Waals surface area contributed by atoms with Crippen molar-refractivity contribution < 1.29 is 14.6 Å². The zero-order chi connectivity index (χ0) is 19.8. The SMILES string of the molecule is COCCOc1ccc(-n2cc(C(O)c3c(C4CC4)sc4cncn34)nn2)cc1. The van der Waals surface area contributed by atoms with Crippen molar-refractivity contribution in [1.82, 2.24) is 24.4 Å². The molecule has 5 rings (SSSR count). The Morgan fingerprint density at radius 3 is 2.83 bits per heavy atom. The van der Waals surface area contributed by atoms with Crippen molar-refractivity contribution in [2.75, 3.05) is 20.3 Å². The number of aliphatic hydroxyl groups is 1. The Morgan fingerprint density at radius 2 is 2.07 bits per heavy atom. The number of nitrogens with zero attached hydrogens (tertiary/aromatic N) is 5. The number of fused-ring (bicyclic) bond motifs is 1. The van der Waals surface area contributed by atoms with Gasteiger partial charge in [0.05, 0.1) is 30.4 Å². The lowest BCUT2D eigenvalue weighted by Crippen LogP contribution is -2.06. The van der Waals surface area contributed by atoms with Crippen LogP contribution >= 0.6 is 11.3 Å². The van der Waals surface area contributed by atoms with Gasteiger partial charge < -0.3 is 14.6 Å². The third-order valence-corrected chi connectivity index (χ3v) is 6.26. The van der Waals surface area contributed by atoms with E-state index in [4.69, 9.17) is 9.47 Å². The third-order valence-electron chi connectivity index (χ3n) is 4.99. The first kappa shape index (κ1) is 18.3. The molecule has 1 N–H and O–H groups in total. The molecule has 0 saturated heterocycles. The maximum atomic E-state index is 11.1. The second-order valence-electron chi connectivity index (χ2n) is 7.05. The van der Waals surface area contributed by atoms with E-state index in [0.29, 0.717) is 24.8 Å². The number of hydrogen-bond acceptors (Lipinski definition) is 7. The number of ether oxygens (including phenoxy) is 2. The number of rotatable bonds is 8. The number of hydrogen-bond donors (Lipinski definition) is 1. The zero-order valence-corrected chi connectivity index (χ0v) is 16.7. The van der Waals surface area contributed by atoms with Crippen molar-refractivity contribution in [3.63, 3.8) is 0 Å². The highest BCUT2D eigenvalue weighted by Crippen LogP contribution is 2.47. The van der Waals surface area contributed by atoms with E-state index in [2.05, 4.69) is 15.3 Å². The molecule has 1 unspecified atom stereocenters. The summed E-state index contributed by atoms with van der Waals surface area (Å²) in [5.74, 6) is 1.30. The Labute approximate surface area is 171 Å². The first-order valence-corrected chi connectivity index (χ1v) is 10.3. The second-order valence-corrected chi connectivity index (χ2v) is 8.12. The number of imidazole rings is 1. The van der Waals surface area contributed by atoms with Crippen molar-refractivity contribution in [2.24, 2.45) is 0 Å². The van der Waals surface area contributed by atoms with Crippen LogP contribution in [0.5, 0.6) is 5.75 Å². The van der Waals surface area contributed by atoms with Gasteiger partial charge in [0.15, 0.2) is 0 Å². The van der Waals surface area contributed by atoms with Crippen molar-refractivity contribution in [3.8, 4) is 11.4 Å². The number of benzene rings is 1. The van der Waals surface area contributed by atoms with Crippen LogP contribution in [-0.4, -0.2) is 49.8 Å². The highest BCUT2D eigenvalue weighted by molar-refractivity contribution is 7.17. The lowest BCUT2D eigenvalue weighted by Gasteiger charge is -2.09. The molecule has 4 aromatic rings. The fourth-order valence-electron chi connectivity index (χ4n) is 3.33. The Bertz CT molecular complexity index is 1110. The number of aromatic nitrogens is 5. The fourth-order valence-corrected chi connectivity index (χ4v) is 4.63. The van der Waals surface area contributed by atoms with E-state index < -0.39 is 6.10 Å². The van der Waals surface area contributed by atoms with Crippen molar-refractivity contribution in [1.29, 1.82) is 0 Å². The van der Waals surface area contributed by atoms with Gasteiger partial charge in [-0.1, -0.05) is 5.21 Å². The summed E-state index contributed by atoms with van der Waals surface area (Å²) in [6, 6.07) is 7.56. The Hall–Kier alpha value is -2.75. The summed E-state index contributed by atoms with van der Waals surface area (Å²) in [6.07, 6.45) is 6.84.